The van der Waals surface area contributed by atoms with Crippen molar-refractivity contribution in [2.75, 3.05) is 33.4 Å². The monoisotopic (exact) mass is 294 g/mol. The molecule has 1 saturated heterocycles. The van der Waals surface area contributed by atoms with Gasteiger partial charge in [0, 0.05) is 6.07 Å². The molecule has 0 saturated carbocycles. The van der Waals surface area contributed by atoms with Crippen molar-refractivity contribution in [3.05, 3.63) is 24.3 Å². The molecule has 0 spiro atoms. The fourth-order valence-corrected chi connectivity index (χ4v) is 2.95. The van der Waals surface area contributed by atoms with E-state index in [4.69, 9.17) is 14.2 Å². The number of morpholine rings is 1. The summed E-state index contributed by atoms with van der Waals surface area (Å²) >= 11 is 0. The highest BCUT2D eigenvalue weighted by molar-refractivity contribution is 5.32. The molecule has 2 atom stereocenters. The lowest BCUT2D eigenvalue weighted by molar-refractivity contribution is -0.915. The van der Waals surface area contributed by atoms with E-state index in [9.17, 15) is 0 Å². The van der Waals surface area contributed by atoms with Crippen molar-refractivity contribution in [1.82, 2.24) is 0 Å². The van der Waals surface area contributed by atoms with Crippen LogP contribution in [0.15, 0.2) is 24.3 Å². The van der Waals surface area contributed by atoms with Crippen LogP contribution in [0.2, 0.25) is 0 Å². The Labute approximate surface area is 128 Å². The van der Waals surface area contributed by atoms with Crippen molar-refractivity contribution in [1.29, 1.82) is 0 Å². The van der Waals surface area contributed by atoms with Crippen LogP contribution < -0.4 is 14.4 Å². The van der Waals surface area contributed by atoms with Gasteiger partial charge in [-0.15, -0.1) is 0 Å². The molecule has 2 rings (SSSR count). The molecule has 4 heteroatoms. The molecule has 118 valence electrons. The molecule has 0 bridgehead atoms. The fourth-order valence-electron chi connectivity index (χ4n) is 2.95. The number of methoxy groups -OCH3 is 1. The Kier molecular flexibility index (Phi) is 6.33. The van der Waals surface area contributed by atoms with Gasteiger partial charge in [-0.2, -0.15) is 0 Å². The largest absolute Gasteiger partial charge is 0.497 e. The van der Waals surface area contributed by atoms with E-state index in [2.05, 4.69) is 13.8 Å². The van der Waals surface area contributed by atoms with E-state index < -0.39 is 0 Å². The van der Waals surface area contributed by atoms with Crippen molar-refractivity contribution < 1.29 is 19.1 Å². The van der Waals surface area contributed by atoms with Crippen molar-refractivity contribution >= 4 is 0 Å². The molecule has 0 amide bonds. The Morgan fingerprint density at radius 1 is 1.14 bits per heavy atom. The quantitative estimate of drug-likeness (QED) is 0.774. The minimum atomic E-state index is 0.386. The number of unbranched alkanes of at least 4 members (excludes halogenated alkanes) is 1. The van der Waals surface area contributed by atoms with Gasteiger partial charge in [-0.1, -0.05) is 6.07 Å². The predicted octanol–water partition coefficient (Wildman–Crippen LogP) is 1.55. The van der Waals surface area contributed by atoms with Gasteiger partial charge in [0.2, 0.25) is 0 Å². The molecule has 21 heavy (non-hydrogen) atoms. The van der Waals surface area contributed by atoms with Crippen molar-refractivity contribution in [3.8, 4) is 11.5 Å². The number of nitrogens with one attached hydrogen (secondary N) is 1. The van der Waals surface area contributed by atoms with Crippen LogP contribution in [0.5, 0.6) is 11.5 Å². The fraction of sp³-hybridized carbons (Fsp3) is 0.647. The van der Waals surface area contributed by atoms with Gasteiger partial charge in [0.1, 0.15) is 36.8 Å². The third kappa shape index (κ3) is 5.56. The lowest BCUT2D eigenvalue weighted by atomic mass is 10.2. The third-order valence-corrected chi connectivity index (χ3v) is 3.85. The van der Waals surface area contributed by atoms with E-state index in [-0.39, 0.29) is 0 Å². The minimum Gasteiger partial charge on any atom is -0.497 e. The van der Waals surface area contributed by atoms with E-state index in [1.54, 1.807) is 12.0 Å². The van der Waals surface area contributed by atoms with Crippen molar-refractivity contribution in [2.24, 2.45) is 0 Å². The average molecular weight is 294 g/mol. The van der Waals surface area contributed by atoms with Gasteiger partial charge in [0.25, 0.3) is 0 Å². The summed E-state index contributed by atoms with van der Waals surface area (Å²) in [4.78, 5) is 1.66. The number of ether oxygens (including phenoxy) is 3. The SMILES string of the molecule is COc1cccc(OCCCC[NH+]2C[C@@H](C)O[C@H](C)C2)c1. The highest BCUT2D eigenvalue weighted by Crippen LogP contribution is 2.18. The lowest BCUT2D eigenvalue weighted by Crippen LogP contribution is -3.15. The Morgan fingerprint density at radius 3 is 2.57 bits per heavy atom. The summed E-state index contributed by atoms with van der Waals surface area (Å²) in [5.41, 5.74) is 0. The van der Waals surface area contributed by atoms with Gasteiger partial charge in [-0.3, -0.25) is 0 Å². The smallest absolute Gasteiger partial charge is 0.122 e. The maximum absolute atomic E-state index is 5.77. The number of hydrogen-bond acceptors (Lipinski definition) is 3. The van der Waals surface area contributed by atoms with Crippen LogP contribution in [0.25, 0.3) is 0 Å². The summed E-state index contributed by atoms with van der Waals surface area (Å²) in [5, 5.41) is 0. The van der Waals surface area contributed by atoms with Gasteiger partial charge in [0.05, 0.1) is 20.3 Å². The van der Waals surface area contributed by atoms with Crippen LogP contribution in [0.3, 0.4) is 0 Å². The maximum atomic E-state index is 5.77. The predicted molar refractivity (Wildman–Crippen MR) is 83.3 cm³/mol. The zero-order valence-electron chi connectivity index (χ0n) is 13.4. The Bertz CT molecular complexity index is 414. The topological polar surface area (TPSA) is 32.1 Å². The first-order chi connectivity index (χ1) is 10.2. The van der Waals surface area contributed by atoms with Gasteiger partial charge in [-0.05, 0) is 38.8 Å². The molecule has 0 radical (unpaired) electrons. The molecule has 1 heterocycles. The number of rotatable bonds is 7. The van der Waals surface area contributed by atoms with Gasteiger partial charge in [-0.25, -0.2) is 0 Å². The highest BCUT2D eigenvalue weighted by atomic mass is 16.5. The van der Waals surface area contributed by atoms with Gasteiger partial charge >= 0.3 is 0 Å². The normalized spacial score (nSPS) is 25.6. The number of hydrogen-bond donors (Lipinski definition) is 1. The van der Waals surface area contributed by atoms with E-state index in [1.807, 2.05) is 24.3 Å². The molecule has 1 aliphatic heterocycles. The summed E-state index contributed by atoms with van der Waals surface area (Å²) in [6, 6.07) is 7.78. The third-order valence-electron chi connectivity index (χ3n) is 3.85. The van der Waals surface area contributed by atoms with Crippen molar-refractivity contribution in [3.63, 3.8) is 0 Å². The molecule has 1 aromatic rings. The van der Waals surface area contributed by atoms with Crippen LogP contribution in [0.1, 0.15) is 26.7 Å². The Morgan fingerprint density at radius 2 is 1.86 bits per heavy atom. The molecule has 1 fully saturated rings. The second kappa shape index (κ2) is 8.25. The summed E-state index contributed by atoms with van der Waals surface area (Å²) < 4.78 is 16.7. The molecule has 4 nitrogen and oxygen atoms in total. The van der Waals surface area contributed by atoms with Crippen molar-refractivity contribution in [2.45, 2.75) is 38.9 Å². The minimum absolute atomic E-state index is 0.386. The van der Waals surface area contributed by atoms with E-state index in [0.717, 1.165) is 37.6 Å². The molecule has 0 aromatic heterocycles. The maximum Gasteiger partial charge on any atom is 0.122 e. The second-order valence-electron chi connectivity index (χ2n) is 5.90. The molecular weight excluding hydrogens is 266 g/mol. The van der Waals surface area contributed by atoms with Crippen LogP contribution in [0, 0.1) is 0 Å². The molecule has 1 aromatic carbocycles. The lowest BCUT2D eigenvalue weighted by Gasteiger charge is -2.32. The van der Waals surface area contributed by atoms with E-state index >= 15 is 0 Å². The number of benzene rings is 1. The van der Waals surface area contributed by atoms with Crippen LogP contribution in [-0.2, 0) is 4.74 Å². The molecule has 0 aliphatic carbocycles. The van der Waals surface area contributed by atoms with E-state index in [0.29, 0.717) is 12.2 Å². The van der Waals surface area contributed by atoms with Crippen LogP contribution in [-0.4, -0.2) is 45.6 Å². The molecular formula is C17H28NO3+. The molecule has 0 unspecified atom stereocenters. The first-order valence-electron chi connectivity index (χ1n) is 7.93. The zero-order chi connectivity index (χ0) is 15.1. The zero-order valence-corrected chi connectivity index (χ0v) is 13.4. The van der Waals surface area contributed by atoms with Crippen LogP contribution in [0.4, 0.5) is 0 Å². The standard InChI is InChI=1S/C17H27NO3/c1-14-12-18(13-15(2)21-14)9-4-5-10-20-17-8-6-7-16(11-17)19-3/h6-8,11,14-15H,4-5,9-10,12-13H2,1-3H3/p+1/t14-,15-/m1/s1. The first-order valence-corrected chi connectivity index (χ1v) is 7.93. The average Bonchev–Trinajstić information content (AvgIpc) is 2.46. The van der Waals surface area contributed by atoms with E-state index in [1.165, 1.54) is 13.0 Å². The summed E-state index contributed by atoms with van der Waals surface area (Å²) in [7, 11) is 1.67. The summed E-state index contributed by atoms with van der Waals surface area (Å²) in [6.45, 7) is 8.56. The first kappa shape index (κ1) is 16.1. The summed E-state index contributed by atoms with van der Waals surface area (Å²) in [6.07, 6.45) is 3.05. The Hall–Kier alpha value is -1.26. The molecule has 1 N–H and O–H groups in total. The van der Waals surface area contributed by atoms with Gasteiger partial charge in [0.15, 0.2) is 0 Å². The van der Waals surface area contributed by atoms with Gasteiger partial charge < -0.3 is 19.1 Å². The highest BCUT2D eigenvalue weighted by Gasteiger charge is 2.24. The Balaban J connectivity index is 1.61. The second-order valence-corrected chi connectivity index (χ2v) is 5.90. The molecule has 1 aliphatic rings. The summed E-state index contributed by atoms with van der Waals surface area (Å²) in [5.74, 6) is 1.73. The van der Waals surface area contributed by atoms with Crippen LogP contribution >= 0.6 is 0 Å². The number of quaternary nitrogens is 1.